The predicted octanol–water partition coefficient (Wildman–Crippen LogP) is 5.32. The first kappa shape index (κ1) is 23.4. The molecule has 2 aromatic rings. The third kappa shape index (κ3) is 5.39. The van der Waals surface area contributed by atoms with Crippen molar-refractivity contribution in [3.8, 4) is 11.5 Å². The van der Waals surface area contributed by atoms with Crippen LogP contribution in [0.5, 0.6) is 11.5 Å². The van der Waals surface area contributed by atoms with E-state index >= 15 is 0 Å². The largest absolute Gasteiger partial charge is 0.477 e. The van der Waals surface area contributed by atoms with Crippen LogP contribution in [-0.4, -0.2) is 27.7 Å². The van der Waals surface area contributed by atoms with Crippen LogP contribution in [0, 0.1) is 15.5 Å². The van der Waals surface area contributed by atoms with Gasteiger partial charge in [0.1, 0.15) is 17.1 Å². The molecule has 0 atom stereocenters. The summed E-state index contributed by atoms with van der Waals surface area (Å²) in [6, 6.07) is 4.45. The van der Waals surface area contributed by atoms with E-state index in [0.717, 1.165) is 18.2 Å². The van der Waals surface area contributed by atoms with Crippen molar-refractivity contribution in [3.05, 3.63) is 62.2 Å². The first-order chi connectivity index (χ1) is 13.7. The number of rotatable bonds is 7. The maximum absolute atomic E-state index is 12.8. The van der Waals surface area contributed by atoms with Crippen molar-refractivity contribution >= 4 is 23.3 Å². The molecule has 2 rings (SSSR count). The highest BCUT2D eigenvalue weighted by atomic mass is 35.5. The van der Waals surface area contributed by atoms with Crippen molar-refractivity contribution in [2.24, 2.45) is 5.41 Å². The average molecular weight is 448 g/mol. The second-order valence-electron chi connectivity index (χ2n) is 7.28. The Hall–Kier alpha value is -2.85. The number of nitro groups is 1. The Labute approximate surface area is 173 Å². The van der Waals surface area contributed by atoms with Crippen molar-refractivity contribution in [3.63, 3.8) is 0 Å². The number of carboxylic acids is 1. The van der Waals surface area contributed by atoms with E-state index in [4.69, 9.17) is 16.3 Å². The highest BCUT2D eigenvalue weighted by Gasteiger charge is 2.32. The minimum absolute atomic E-state index is 0.0167. The second kappa shape index (κ2) is 8.49. The van der Waals surface area contributed by atoms with Gasteiger partial charge in [0.05, 0.1) is 15.5 Å². The zero-order valence-corrected chi connectivity index (χ0v) is 16.5. The maximum atomic E-state index is 12.8. The van der Waals surface area contributed by atoms with Gasteiger partial charge < -0.3 is 14.9 Å². The molecule has 162 valence electrons. The molecule has 0 saturated heterocycles. The number of alkyl halides is 3. The molecule has 0 heterocycles. The van der Waals surface area contributed by atoms with Crippen LogP contribution in [0.4, 0.5) is 18.9 Å². The number of nitrogens with zero attached hydrogens (tertiary/aromatic N) is 1. The topological polar surface area (TPSA) is 110 Å². The summed E-state index contributed by atoms with van der Waals surface area (Å²) in [6.45, 7) is 2.91. The van der Waals surface area contributed by atoms with Crippen LogP contribution in [0.25, 0.3) is 0 Å². The Kier molecular flexibility index (Phi) is 6.63. The average Bonchev–Trinajstić information content (AvgIpc) is 2.61. The van der Waals surface area contributed by atoms with Gasteiger partial charge in [0.25, 0.3) is 5.69 Å². The summed E-state index contributed by atoms with van der Waals surface area (Å²) in [5, 5.41) is 30.0. The monoisotopic (exact) mass is 447 g/mol. The fourth-order valence-corrected chi connectivity index (χ4v) is 2.92. The summed E-state index contributed by atoms with van der Waals surface area (Å²) < 4.78 is 43.8. The van der Waals surface area contributed by atoms with Crippen LogP contribution < -0.4 is 4.74 Å². The molecule has 0 fully saturated rings. The first-order valence-corrected chi connectivity index (χ1v) is 8.83. The Bertz CT molecular complexity index is 991. The number of aliphatic hydroxyl groups is 1. The van der Waals surface area contributed by atoms with E-state index < -0.39 is 39.3 Å². The number of aliphatic hydroxyl groups excluding tert-OH is 1. The molecule has 0 spiro atoms. The van der Waals surface area contributed by atoms with Gasteiger partial charge in [0, 0.05) is 18.2 Å². The molecule has 11 heteroatoms. The van der Waals surface area contributed by atoms with E-state index in [1.165, 1.54) is 6.07 Å². The molecule has 2 aromatic carbocycles. The van der Waals surface area contributed by atoms with E-state index in [-0.39, 0.29) is 35.1 Å². The summed E-state index contributed by atoms with van der Waals surface area (Å²) in [5.41, 5.74) is -3.15. The molecular weight excluding hydrogens is 431 g/mol. The second-order valence-corrected chi connectivity index (χ2v) is 7.69. The molecule has 0 aromatic heterocycles. The number of carbonyl (C=O) groups is 1. The molecule has 2 N–H and O–H groups in total. The smallest absolute Gasteiger partial charge is 0.416 e. The Morgan fingerprint density at radius 3 is 2.33 bits per heavy atom. The molecule has 7 nitrogen and oxygen atoms in total. The van der Waals surface area contributed by atoms with Gasteiger partial charge in [-0.2, -0.15) is 13.2 Å². The lowest BCUT2D eigenvalue weighted by Gasteiger charge is -2.22. The lowest BCUT2D eigenvalue weighted by atomic mass is 9.85. The Balaban J connectivity index is 2.57. The standard InChI is InChI=1S/C19H17ClF3NO6/c1-18(2,9-25)8-10-5-12(7-13(17(26)27)16(10)24(28)29)30-15-4-3-11(6-14(15)20)19(21,22)23/h3-7,25H,8-9H2,1-2H3,(H,26,27). The zero-order valence-electron chi connectivity index (χ0n) is 15.8. The van der Waals surface area contributed by atoms with Crippen molar-refractivity contribution in [2.75, 3.05) is 6.61 Å². The Morgan fingerprint density at radius 2 is 1.87 bits per heavy atom. The van der Waals surface area contributed by atoms with Gasteiger partial charge in [-0.25, -0.2) is 4.79 Å². The van der Waals surface area contributed by atoms with E-state index in [1.807, 2.05) is 0 Å². The van der Waals surface area contributed by atoms with Gasteiger partial charge in [-0.3, -0.25) is 10.1 Å². The van der Waals surface area contributed by atoms with E-state index in [9.17, 15) is 38.3 Å². The minimum atomic E-state index is -4.62. The van der Waals surface area contributed by atoms with Gasteiger partial charge in [0.15, 0.2) is 0 Å². The van der Waals surface area contributed by atoms with Gasteiger partial charge in [-0.1, -0.05) is 25.4 Å². The van der Waals surface area contributed by atoms with Gasteiger partial charge in [-0.05, 0) is 36.1 Å². The lowest BCUT2D eigenvalue weighted by molar-refractivity contribution is -0.386. The molecular formula is C19H17ClF3NO6. The summed E-state index contributed by atoms with van der Waals surface area (Å²) >= 11 is 5.86. The fraction of sp³-hybridized carbons (Fsp3) is 0.316. The molecule has 0 radical (unpaired) electrons. The molecule has 0 unspecified atom stereocenters. The highest BCUT2D eigenvalue weighted by molar-refractivity contribution is 6.32. The summed E-state index contributed by atoms with van der Waals surface area (Å²) in [7, 11) is 0. The number of ether oxygens (including phenoxy) is 1. The number of nitro benzene ring substituents is 1. The maximum Gasteiger partial charge on any atom is 0.416 e. The normalized spacial score (nSPS) is 12.0. The summed E-state index contributed by atoms with van der Waals surface area (Å²) in [4.78, 5) is 22.2. The van der Waals surface area contributed by atoms with Crippen molar-refractivity contribution in [1.29, 1.82) is 0 Å². The number of halogens is 4. The van der Waals surface area contributed by atoms with Crippen molar-refractivity contribution < 1.29 is 37.8 Å². The Morgan fingerprint density at radius 1 is 1.23 bits per heavy atom. The van der Waals surface area contributed by atoms with E-state index in [0.29, 0.717) is 6.07 Å². The lowest BCUT2D eigenvalue weighted by Crippen LogP contribution is -2.21. The minimum Gasteiger partial charge on any atom is -0.477 e. The molecule has 30 heavy (non-hydrogen) atoms. The van der Waals surface area contributed by atoms with Crippen LogP contribution >= 0.6 is 11.6 Å². The van der Waals surface area contributed by atoms with Gasteiger partial charge in [-0.15, -0.1) is 0 Å². The quantitative estimate of drug-likeness (QED) is 0.439. The molecule has 0 aliphatic rings. The zero-order chi connectivity index (χ0) is 22.9. The van der Waals surface area contributed by atoms with E-state index in [1.54, 1.807) is 13.8 Å². The fourth-order valence-electron chi connectivity index (χ4n) is 2.70. The summed E-state index contributed by atoms with van der Waals surface area (Å²) in [6.07, 6.45) is -4.67. The third-order valence-corrected chi connectivity index (χ3v) is 4.45. The predicted molar refractivity (Wildman–Crippen MR) is 101 cm³/mol. The van der Waals surface area contributed by atoms with Crippen LogP contribution in [0.3, 0.4) is 0 Å². The van der Waals surface area contributed by atoms with Crippen LogP contribution in [0.15, 0.2) is 30.3 Å². The molecule has 0 aliphatic heterocycles. The van der Waals surface area contributed by atoms with Crippen LogP contribution in [-0.2, 0) is 12.6 Å². The first-order valence-electron chi connectivity index (χ1n) is 8.45. The van der Waals surface area contributed by atoms with Gasteiger partial charge in [0.2, 0.25) is 0 Å². The van der Waals surface area contributed by atoms with E-state index in [2.05, 4.69) is 0 Å². The molecule has 0 bridgehead atoms. The number of hydrogen-bond donors (Lipinski definition) is 2. The third-order valence-electron chi connectivity index (χ3n) is 4.16. The number of hydrogen-bond acceptors (Lipinski definition) is 5. The number of benzene rings is 2. The number of aromatic carboxylic acids is 1. The molecule has 0 aliphatic carbocycles. The van der Waals surface area contributed by atoms with Crippen LogP contribution in [0.2, 0.25) is 5.02 Å². The summed E-state index contributed by atoms with van der Waals surface area (Å²) in [5.74, 6) is -1.95. The molecule has 0 saturated carbocycles. The molecule has 0 amide bonds. The number of carboxylic acid groups (broad SMARTS) is 1. The van der Waals surface area contributed by atoms with Crippen molar-refractivity contribution in [1.82, 2.24) is 0 Å². The SMILES string of the molecule is CC(C)(CO)Cc1cc(Oc2ccc(C(F)(F)F)cc2Cl)cc(C(=O)O)c1[N+](=O)[O-]. The van der Waals surface area contributed by atoms with Crippen molar-refractivity contribution in [2.45, 2.75) is 26.4 Å². The van der Waals surface area contributed by atoms with Gasteiger partial charge >= 0.3 is 12.1 Å². The van der Waals surface area contributed by atoms with Crippen LogP contribution in [0.1, 0.15) is 35.3 Å². The highest BCUT2D eigenvalue weighted by Crippen LogP contribution is 2.39.